The third-order valence-electron chi connectivity index (χ3n) is 2.36. The van der Waals surface area contributed by atoms with Crippen molar-refractivity contribution in [1.29, 1.82) is 0 Å². The molecule has 0 saturated carbocycles. The maximum absolute atomic E-state index is 11.4. The van der Waals surface area contributed by atoms with E-state index in [1.54, 1.807) is 19.1 Å². The first-order chi connectivity index (χ1) is 9.60. The largest absolute Gasteiger partial charge is 0.491 e. The zero-order chi connectivity index (χ0) is 14.5. The number of carbonyl (C=O) groups is 1. The summed E-state index contributed by atoms with van der Waals surface area (Å²) >= 11 is 0. The molecule has 0 radical (unpaired) electrons. The Morgan fingerprint density at radius 2 is 2.00 bits per heavy atom. The fraction of sp³-hybridized carbons (Fsp3) is 0.357. The lowest BCUT2D eigenvalue weighted by Gasteiger charge is -2.09. The number of aromatic nitrogens is 2. The number of hydrogen-bond acceptors (Lipinski definition) is 6. The summed E-state index contributed by atoms with van der Waals surface area (Å²) < 4.78 is 15.2. The van der Waals surface area contributed by atoms with Crippen LogP contribution in [-0.4, -0.2) is 28.8 Å². The van der Waals surface area contributed by atoms with Crippen LogP contribution in [0.25, 0.3) is 11.4 Å². The second-order valence-electron chi connectivity index (χ2n) is 4.33. The van der Waals surface area contributed by atoms with Crippen molar-refractivity contribution in [3.8, 4) is 17.1 Å². The van der Waals surface area contributed by atoms with Gasteiger partial charge in [0.2, 0.25) is 5.82 Å². The first-order valence-electron chi connectivity index (χ1n) is 6.38. The zero-order valence-corrected chi connectivity index (χ0v) is 11.6. The van der Waals surface area contributed by atoms with Gasteiger partial charge in [-0.3, -0.25) is 0 Å². The van der Waals surface area contributed by atoms with Crippen molar-refractivity contribution in [3.05, 3.63) is 30.2 Å². The lowest BCUT2D eigenvalue weighted by atomic mass is 10.2. The quantitative estimate of drug-likeness (QED) is 0.782. The summed E-state index contributed by atoms with van der Waals surface area (Å²) in [6.45, 7) is 5.89. The Labute approximate surface area is 116 Å². The molecule has 0 atom stereocenters. The molecule has 0 amide bonds. The summed E-state index contributed by atoms with van der Waals surface area (Å²) in [6.07, 6.45) is 0.112. The Morgan fingerprint density at radius 1 is 1.30 bits per heavy atom. The van der Waals surface area contributed by atoms with Crippen molar-refractivity contribution in [3.63, 3.8) is 0 Å². The minimum atomic E-state index is -0.619. The molecule has 1 aromatic carbocycles. The van der Waals surface area contributed by atoms with Crippen molar-refractivity contribution in [2.24, 2.45) is 0 Å². The molecule has 0 unspecified atom stereocenters. The minimum Gasteiger partial charge on any atom is -0.491 e. The molecule has 0 spiro atoms. The first kappa shape index (κ1) is 14.0. The van der Waals surface area contributed by atoms with Crippen LogP contribution < -0.4 is 4.74 Å². The number of benzene rings is 1. The first-order valence-corrected chi connectivity index (χ1v) is 6.38. The Hall–Kier alpha value is -2.37. The van der Waals surface area contributed by atoms with Gasteiger partial charge in [-0.2, -0.15) is 4.98 Å². The number of ether oxygens (including phenoxy) is 2. The van der Waals surface area contributed by atoms with E-state index in [0.717, 1.165) is 11.3 Å². The van der Waals surface area contributed by atoms with E-state index in [2.05, 4.69) is 10.1 Å². The van der Waals surface area contributed by atoms with Crippen molar-refractivity contribution in [2.45, 2.75) is 26.9 Å². The van der Waals surface area contributed by atoms with E-state index in [-0.39, 0.29) is 18.6 Å². The maximum Gasteiger partial charge on any atom is 0.397 e. The number of nitrogens with zero attached hydrogens (tertiary/aromatic N) is 2. The molecule has 0 bridgehead atoms. The summed E-state index contributed by atoms with van der Waals surface area (Å²) in [5.74, 6) is 0.331. The Morgan fingerprint density at radius 3 is 2.60 bits per heavy atom. The standard InChI is InChI=1S/C14H16N2O4/c1-4-18-14(17)13-15-12(16-20-13)10-5-7-11(8-6-10)19-9(2)3/h5-9H,4H2,1-3H3. The van der Waals surface area contributed by atoms with Crippen LogP contribution in [0, 0.1) is 0 Å². The van der Waals surface area contributed by atoms with E-state index in [9.17, 15) is 4.79 Å². The van der Waals surface area contributed by atoms with Crippen LogP contribution in [0.15, 0.2) is 28.8 Å². The van der Waals surface area contributed by atoms with Gasteiger partial charge in [0.15, 0.2) is 0 Å². The molecule has 20 heavy (non-hydrogen) atoms. The van der Waals surface area contributed by atoms with Gasteiger partial charge in [-0.05, 0) is 45.0 Å². The monoisotopic (exact) mass is 276 g/mol. The molecule has 2 rings (SSSR count). The highest BCUT2D eigenvalue weighted by Gasteiger charge is 2.17. The average Bonchev–Trinajstić information content (AvgIpc) is 2.89. The minimum absolute atomic E-state index is 0.112. The average molecular weight is 276 g/mol. The van der Waals surface area contributed by atoms with Gasteiger partial charge >= 0.3 is 11.9 Å². The normalized spacial score (nSPS) is 10.6. The summed E-state index contributed by atoms with van der Waals surface area (Å²) in [5.41, 5.74) is 0.736. The predicted molar refractivity (Wildman–Crippen MR) is 71.5 cm³/mol. The van der Waals surface area contributed by atoms with E-state index < -0.39 is 5.97 Å². The molecule has 0 fully saturated rings. The summed E-state index contributed by atoms with van der Waals surface area (Å²) in [5, 5.41) is 3.75. The van der Waals surface area contributed by atoms with Gasteiger partial charge in [0.1, 0.15) is 5.75 Å². The zero-order valence-electron chi connectivity index (χ0n) is 11.6. The Bertz CT molecular complexity index is 575. The van der Waals surface area contributed by atoms with Crippen LogP contribution in [0.3, 0.4) is 0 Å². The number of esters is 1. The molecule has 1 aromatic heterocycles. The number of hydrogen-bond donors (Lipinski definition) is 0. The van der Waals surface area contributed by atoms with Gasteiger partial charge in [-0.1, -0.05) is 5.16 Å². The third-order valence-corrected chi connectivity index (χ3v) is 2.36. The topological polar surface area (TPSA) is 74.5 Å². The van der Waals surface area contributed by atoms with Crippen LogP contribution >= 0.6 is 0 Å². The molecular weight excluding hydrogens is 260 g/mol. The molecule has 0 aliphatic carbocycles. The molecule has 0 N–H and O–H groups in total. The summed E-state index contributed by atoms with van der Waals surface area (Å²) in [7, 11) is 0. The highest BCUT2D eigenvalue weighted by atomic mass is 16.6. The van der Waals surface area contributed by atoms with Gasteiger partial charge in [0.25, 0.3) is 0 Å². The van der Waals surface area contributed by atoms with E-state index >= 15 is 0 Å². The van der Waals surface area contributed by atoms with Crippen molar-refractivity contribution < 1.29 is 18.8 Å². The fourth-order valence-corrected chi connectivity index (χ4v) is 1.57. The molecule has 6 heteroatoms. The van der Waals surface area contributed by atoms with Crippen LogP contribution in [0.5, 0.6) is 5.75 Å². The van der Waals surface area contributed by atoms with Crippen molar-refractivity contribution in [2.75, 3.05) is 6.61 Å². The SMILES string of the molecule is CCOC(=O)c1nc(-c2ccc(OC(C)C)cc2)no1. The van der Waals surface area contributed by atoms with Gasteiger partial charge in [0, 0.05) is 5.56 Å². The van der Waals surface area contributed by atoms with Crippen LogP contribution in [0.4, 0.5) is 0 Å². The second-order valence-corrected chi connectivity index (χ2v) is 4.33. The highest BCUT2D eigenvalue weighted by molar-refractivity contribution is 5.84. The maximum atomic E-state index is 11.4. The van der Waals surface area contributed by atoms with Gasteiger partial charge in [-0.25, -0.2) is 4.79 Å². The smallest absolute Gasteiger partial charge is 0.397 e. The van der Waals surface area contributed by atoms with E-state index in [4.69, 9.17) is 14.0 Å². The van der Waals surface area contributed by atoms with Crippen molar-refractivity contribution >= 4 is 5.97 Å². The number of rotatable bonds is 5. The third kappa shape index (κ3) is 3.34. The van der Waals surface area contributed by atoms with Crippen LogP contribution in [0.2, 0.25) is 0 Å². The molecular formula is C14H16N2O4. The summed E-state index contributed by atoms with van der Waals surface area (Å²) in [4.78, 5) is 15.4. The van der Waals surface area contributed by atoms with Crippen LogP contribution in [0.1, 0.15) is 31.5 Å². The highest BCUT2D eigenvalue weighted by Crippen LogP contribution is 2.20. The van der Waals surface area contributed by atoms with E-state index in [1.165, 1.54) is 0 Å². The second kappa shape index (κ2) is 6.18. The molecule has 106 valence electrons. The molecule has 0 aliphatic rings. The Kier molecular flexibility index (Phi) is 4.34. The van der Waals surface area contributed by atoms with E-state index in [0.29, 0.717) is 5.82 Å². The molecule has 1 heterocycles. The van der Waals surface area contributed by atoms with E-state index in [1.807, 2.05) is 26.0 Å². The van der Waals surface area contributed by atoms with Crippen LogP contribution in [-0.2, 0) is 4.74 Å². The van der Waals surface area contributed by atoms with Gasteiger partial charge in [0.05, 0.1) is 12.7 Å². The lowest BCUT2D eigenvalue weighted by molar-refractivity contribution is 0.0470. The van der Waals surface area contributed by atoms with Gasteiger partial charge in [-0.15, -0.1) is 0 Å². The molecule has 0 saturated heterocycles. The predicted octanol–water partition coefficient (Wildman–Crippen LogP) is 2.70. The van der Waals surface area contributed by atoms with Crippen molar-refractivity contribution in [1.82, 2.24) is 10.1 Å². The lowest BCUT2D eigenvalue weighted by Crippen LogP contribution is -2.05. The fourth-order valence-electron chi connectivity index (χ4n) is 1.57. The summed E-state index contributed by atoms with van der Waals surface area (Å²) in [6, 6.07) is 7.24. The molecule has 6 nitrogen and oxygen atoms in total. The van der Waals surface area contributed by atoms with Gasteiger partial charge < -0.3 is 14.0 Å². The molecule has 0 aliphatic heterocycles. The number of carbonyl (C=O) groups excluding carboxylic acids is 1. The molecule has 2 aromatic rings. The Balaban J connectivity index is 2.14.